The van der Waals surface area contributed by atoms with E-state index in [1.54, 1.807) is 23.1 Å². The first-order valence-corrected chi connectivity index (χ1v) is 8.79. The highest BCUT2D eigenvalue weighted by molar-refractivity contribution is 8.01. The number of nitrogens with zero attached hydrogens (tertiary/aromatic N) is 1. The third-order valence-corrected chi connectivity index (χ3v) is 6.46. The Morgan fingerprint density at radius 1 is 1.38 bits per heavy atom. The van der Waals surface area contributed by atoms with Crippen molar-refractivity contribution in [2.45, 2.75) is 35.6 Å². The van der Waals surface area contributed by atoms with E-state index in [4.69, 9.17) is 5.11 Å². The second-order valence-corrected chi connectivity index (χ2v) is 7.83. The minimum absolute atomic E-state index is 0.294. The topological polar surface area (TPSA) is 70.4 Å². The van der Waals surface area contributed by atoms with E-state index in [0.717, 1.165) is 14.6 Å². The summed E-state index contributed by atoms with van der Waals surface area (Å²) >= 11 is 3.21. The van der Waals surface area contributed by atoms with Gasteiger partial charge in [0.05, 0.1) is 21.7 Å². The van der Waals surface area contributed by atoms with E-state index >= 15 is 0 Å². The number of hydrogen-bond acceptors (Lipinski definition) is 5. The number of thioether (sulfide) groups is 1. The summed E-state index contributed by atoms with van der Waals surface area (Å²) in [5.41, 5.74) is 0.237. The number of carbonyl (C=O) groups is 1. The van der Waals surface area contributed by atoms with Crippen molar-refractivity contribution in [2.75, 3.05) is 5.75 Å². The van der Waals surface area contributed by atoms with E-state index in [1.165, 1.54) is 0 Å². The van der Waals surface area contributed by atoms with Crippen molar-refractivity contribution >= 4 is 39.3 Å². The van der Waals surface area contributed by atoms with Crippen LogP contribution in [0.15, 0.2) is 28.6 Å². The van der Waals surface area contributed by atoms with E-state index in [9.17, 15) is 9.90 Å². The SMILES string of the molecule is O=C(O)C1CCC(O)(CSc2nc3ccccc3s2)CC1. The van der Waals surface area contributed by atoms with Crippen molar-refractivity contribution in [3.8, 4) is 0 Å². The highest BCUT2D eigenvalue weighted by atomic mass is 32.2. The van der Waals surface area contributed by atoms with E-state index in [1.807, 2.05) is 24.3 Å². The lowest BCUT2D eigenvalue weighted by molar-refractivity contribution is -0.144. The minimum Gasteiger partial charge on any atom is -0.481 e. The summed E-state index contributed by atoms with van der Waals surface area (Å²) in [7, 11) is 0. The fourth-order valence-corrected chi connectivity index (χ4v) is 4.88. The van der Waals surface area contributed by atoms with Crippen LogP contribution in [0.25, 0.3) is 10.2 Å². The summed E-state index contributed by atoms with van der Waals surface area (Å²) in [6.45, 7) is 0. The standard InChI is InChI=1S/C15H17NO3S2/c17-13(18)10-5-7-15(19,8-6-10)9-20-14-16-11-3-1-2-4-12(11)21-14/h1-4,10,19H,5-9H2,(H,17,18). The molecule has 0 saturated heterocycles. The van der Waals surface area contributed by atoms with Crippen LogP contribution in [0.2, 0.25) is 0 Å². The van der Waals surface area contributed by atoms with Crippen molar-refractivity contribution in [1.29, 1.82) is 0 Å². The zero-order valence-corrected chi connectivity index (χ0v) is 13.1. The van der Waals surface area contributed by atoms with Gasteiger partial charge in [0.2, 0.25) is 0 Å². The molecular formula is C15H17NO3S2. The Kier molecular flexibility index (Phi) is 4.19. The molecule has 1 heterocycles. The van der Waals surface area contributed by atoms with Crippen LogP contribution in [-0.4, -0.2) is 32.5 Å². The zero-order chi connectivity index (χ0) is 14.9. The van der Waals surface area contributed by atoms with E-state index in [0.29, 0.717) is 31.4 Å². The van der Waals surface area contributed by atoms with E-state index < -0.39 is 11.6 Å². The first kappa shape index (κ1) is 14.8. The molecule has 21 heavy (non-hydrogen) atoms. The molecule has 2 N–H and O–H groups in total. The van der Waals surface area contributed by atoms with Crippen LogP contribution in [0, 0.1) is 5.92 Å². The minimum atomic E-state index is -0.755. The zero-order valence-electron chi connectivity index (χ0n) is 11.5. The van der Waals surface area contributed by atoms with Gasteiger partial charge in [0.15, 0.2) is 4.34 Å². The summed E-state index contributed by atoms with van der Waals surface area (Å²) < 4.78 is 2.12. The maximum Gasteiger partial charge on any atom is 0.306 e. The molecule has 0 bridgehead atoms. The van der Waals surface area contributed by atoms with Gasteiger partial charge in [0.1, 0.15) is 0 Å². The van der Waals surface area contributed by atoms with Crippen molar-refractivity contribution < 1.29 is 15.0 Å². The Balaban J connectivity index is 1.60. The van der Waals surface area contributed by atoms with Crippen LogP contribution in [0.4, 0.5) is 0 Å². The molecule has 3 rings (SSSR count). The number of aliphatic hydroxyl groups is 1. The number of carboxylic acid groups (broad SMARTS) is 1. The lowest BCUT2D eigenvalue weighted by Gasteiger charge is -2.34. The predicted octanol–water partition coefficient (Wildman–Crippen LogP) is 3.39. The van der Waals surface area contributed by atoms with Crippen LogP contribution >= 0.6 is 23.1 Å². The number of carboxylic acids is 1. The van der Waals surface area contributed by atoms with Gasteiger partial charge in [0, 0.05) is 5.75 Å². The van der Waals surface area contributed by atoms with Crippen LogP contribution in [0.3, 0.4) is 0 Å². The number of aromatic nitrogens is 1. The summed E-state index contributed by atoms with van der Waals surface area (Å²) in [5.74, 6) is -0.451. The van der Waals surface area contributed by atoms with Gasteiger partial charge in [-0.2, -0.15) is 0 Å². The fourth-order valence-electron chi connectivity index (χ4n) is 2.66. The van der Waals surface area contributed by atoms with Gasteiger partial charge in [-0.05, 0) is 37.8 Å². The van der Waals surface area contributed by atoms with Crippen molar-refractivity contribution in [1.82, 2.24) is 4.98 Å². The molecule has 1 aromatic carbocycles. The lowest BCUT2D eigenvalue weighted by Crippen LogP contribution is -2.38. The number of rotatable bonds is 4. The largest absolute Gasteiger partial charge is 0.481 e. The molecule has 0 amide bonds. The third-order valence-electron chi connectivity index (χ3n) is 4.00. The Bertz CT molecular complexity index is 614. The van der Waals surface area contributed by atoms with Crippen molar-refractivity contribution in [3.05, 3.63) is 24.3 Å². The molecule has 2 aromatic rings. The van der Waals surface area contributed by atoms with Crippen molar-refractivity contribution in [3.63, 3.8) is 0 Å². The van der Waals surface area contributed by atoms with E-state index in [-0.39, 0.29) is 5.92 Å². The fraction of sp³-hybridized carbons (Fsp3) is 0.467. The number of fused-ring (bicyclic) bond motifs is 1. The molecule has 0 spiro atoms. The summed E-state index contributed by atoms with van der Waals surface area (Å²) in [6, 6.07) is 8.00. The van der Waals surface area contributed by atoms with Crippen LogP contribution in [0.5, 0.6) is 0 Å². The monoisotopic (exact) mass is 323 g/mol. The third kappa shape index (κ3) is 3.39. The average Bonchev–Trinajstić information content (AvgIpc) is 2.89. The molecule has 1 aliphatic rings. The molecular weight excluding hydrogens is 306 g/mol. The van der Waals surface area contributed by atoms with Gasteiger partial charge in [-0.1, -0.05) is 23.9 Å². The predicted molar refractivity (Wildman–Crippen MR) is 84.9 cm³/mol. The first-order chi connectivity index (χ1) is 10.1. The summed E-state index contributed by atoms with van der Waals surface area (Å²) in [5, 5.41) is 19.6. The van der Waals surface area contributed by atoms with Gasteiger partial charge in [-0.25, -0.2) is 4.98 Å². The molecule has 6 heteroatoms. The molecule has 0 atom stereocenters. The smallest absolute Gasteiger partial charge is 0.306 e. The Morgan fingerprint density at radius 3 is 2.76 bits per heavy atom. The normalized spacial score (nSPS) is 26.0. The van der Waals surface area contributed by atoms with Gasteiger partial charge in [-0.3, -0.25) is 4.79 Å². The van der Waals surface area contributed by atoms with Crippen molar-refractivity contribution in [2.24, 2.45) is 5.92 Å². The quantitative estimate of drug-likeness (QED) is 0.844. The number of benzene rings is 1. The highest BCUT2D eigenvalue weighted by Crippen LogP contribution is 2.38. The Labute approximate surface area is 131 Å². The maximum absolute atomic E-state index is 10.9. The van der Waals surface area contributed by atoms with Gasteiger partial charge in [0.25, 0.3) is 0 Å². The molecule has 4 nitrogen and oxygen atoms in total. The first-order valence-electron chi connectivity index (χ1n) is 6.99. The van der Waals surface area contributed by atoms with Gasteiger partial charge in [-0.15, -0.1) is 11.3 Å². The summed E-state index contributed by atoms with van der Waals surface area (Å²) in [4.78, 5) is 15.5. The highest BCUT2D eigenvalue weighted by Gasteiger charge is 2.35. The van der Waals surface area contributed by atoms with Crippen LogP contribution < -0.4 is 0 Å². The molecule has 1 aliphatic carbocycles. The maximum atomic E-state index is 10.9. The molecule has 1 saturated carbocycles. The summed E-state index contributed by atoms with van der Waals surface area (Å²) in [6.07, 6.45) is 2.24. The molecule has 112 valence electrons. The lowest BCUT2D eigenvalue weighted by atomic mass is 9.80. The molecule has 0 unspecified atom stereocenters. The van der Waals surface area contributed by atoms with Gasteiger partial charge >= 0.3 is 5.97 Å². The number of para-hydroxylation sites is 1. The molecule has 1 fully saturated rings. The van der Waals surface area contributed by atoms with E-state index in [2.05, 4.69) is 4.98 Å². The molecule has 0 aliphatic heterocycles. The Hall–Kier alpha value is -1.11. The van der Waals surface area contributed by atoms with Crippen LogP contribution in [-0.2, 0) is 4.79 Å². The number of hydrogen-bond donors (Lipinski definition) is 2. The number of thiazole rings is 1. The number of aliphatic carboxylic acids is 1. The Morgan fingerprint density at radius 2 is 2.10 bits per heavy atom. The molecule has 1 aromatic heterocycles. The second-order valence-electron chi connectivity index (χ2n) is 5.57. The van der Waals surface area contributed by atoms with Gasteiger partial charge < -0.3 is 10.2 Å². The molecule has 0 radical (unpaired) electrons. The second kappa shape index (κ2) is 5.94. The average molecular weight is 323 g/mol. The van der Waals surface area contributed by atoms with Crippen LogP contribution in [0.1, 0.15) is 25.7 Å².